The second-order valence-corrected chi connectivity index (χ2v) is 21.4. The number of carbonyl (C=O) groups is 8. The highest BCUT2D eigenvalue weighted by molar-refractivity contribution is 6.46. The van der Waals surface area contributed by atoms with Crippen LogP contribution in [0.1, 0.15) is 104 Å². The van der Waals surface area contributed by atoms with Gasteiger partial charge in [0.25, 0.3) is 41.1 Å². The lowest BCUT2D eigenvalue weighted by Gasteiger charge is -2.20. The number of amides is 5. The summed E-state index contributed by atoms with van der Waals surface area (Å²) in [7, 11) is 4.28. The smallest absolute Gasteiger partial charge is 0.377 e. The molecule has 0 unspecified atom stereocenters. The SMILES string of the molecule is CNC(=O)C(=O)c1c[nH]c2c(-c3cccc(C(=O)NC(C)(C)C)c3)cc3c(C(=O)NC)c(-c4ccc(F)cc4)oc3c12.CNC(=O)c1c(-c2ccc(F)cc2)oc2c1cc(-c1cccc(C(=O)NC(C)(C)C)c1)c1[nH]cc(C(=O)C(=O)O)c12. The Bertz CT molecular complexity index is 4320. The molecule has 0 aliphatic carbocycles. The van der Waals surface area contributed by atoms with Crippen molar-refractivity contribution in [1.82, 2.24) is 36.6 Å². The van der Waals surface area contributed by atoms with Gasteiger partial charge in [-0.15, -0.1) is 0 Å². The van der Waals surface area contributed by atoms with Gasteiger partial charge < -0.3 is 50.5 Å². The first-order chi connectivity index (χ1) is 39.3. The molecule has 0 fully saturated rings. The van der Waals surface area contributed by atoms with E-state index in [1.165, 1.54) is 82.1 Å². The molecule has 4 aromatic heterocycles. The summed E-state index contributed by atoms with van der Waals surface area (Å²) >= 11 is 0. The number of likely N-dealkylation sites (N-methyl/N-ethyl adjacent to an activating group) is 1. The van der Waals surface area contributed by atoms with Gasteiger partial charge in [0.1, 0.15) is 34.3 Å². The number of fused-ring (bicyclic) bond motifs is 6. The highest BCUT2D eigenvalue weighted by Gasteiger charge is 2.32. The van der Waals surface area contributed by atoms with E-state index in [0.717, 1.165) is 0 Å². The lowest BCUT2D eigenvalue weighted by atomic mass is 9.95. The van der Waals surface area contributed by atoms with Gasteiger partial charge in [-0.1, -0.05) is 24.3 Å². The Morgan fingerprint density at radius 3 is 1.22 bits per heavy atom. The van der Waals surface area contributed by atoms with Crippen molar-refractivity contribution in [1.29, 1.82) is 0 Å². The standard InChI is InChI=1S/C32H29FN4O5.C31H26FN3O6/c1-32(2,3)37-29(39)18-8-6-7-17(13-18)20-14-21-24(30(40)34-4)27(16-9-11-19(33)12-10-16)42-28(21)23-22(15-36-25(20)23)26(38)31(41)35-5;1-31(2,3)35-28(37)17-7-5-6-16(12-17)19-13-20-23(29(38)33-4)26(15-8-10-18(32)11-9-15)41-27(20)22-21(14-34-24(19)22)25(36)30(39)40/h6-15,36H,1-5H3,(H,34,40)(H,35,41)(H,37,39);5-14,34H,1-4H3,(H,33,38)(H,35,37)(H,39,40). The van der Waals surface area contributed by atoms with Gasteiger partial charge in [-0.2, -0.15) is 0 Å². The summed E-state index contributed by atoms with van der Waals surface area (Å²) in [6, 6.07) is 28.0. The molecule has 10 aromatic rings. The summed E-state index contributed by atoms with van der Waals surface area (Å²) in [6.07, 6.45) is 2.70. The molecule has 0 aliphatic rings. The van der Waals surface area contributed by atoms with Crippen LogP contribution in [0.2, 0.25) is 0 Å². The predicted molar refractivity (Wildman–Crippen MR) is 309 cm³/mol. The average Bonchev–Trinajstić information content (AvgIpc) is 4.12. The Kier molecular flexibility index (Phi) is 15.3. The zero-order valence-corrected chi connectivity index (χ0v) is 46.3. The van der Waals surface area contributed by atoms with E-state index in [-0.39, 0.29) is 62.1 Å². The van der Waals surface area contributed by atoms with E-state index in [1.807, 2.05) is 41.5 Å². The van der Waals surface area contributed by atoms with Crippen LogP contribution in [0.4, 0.5) is 8.78 Å². The van der Waals surface area contributed by atoms with Crippen LogP contribution in [-0.4, -0.2) is 94.4 Å². The van der Waals surface area contributed by atoms with Crippen molar-refractivity contribution in [2.45, 2.75) is 52.6 Å². The van der Waals surface area contributed by atoms with Crippen molar-refractivity contribution < 1.29 is 61.1 Å². The molecule has 0 radical (unpaired) electrons. The van der Waals surface area contributed by atoms with E-state index >= 15 is 0 Å². The number of benzene rings is 6. The van der Waals surface area contributed by atoms with E-state index in [0.29, 0.717) is 71.7 Å². The minimum absolute atomic E-state index is 0.0423. The fourth-order valence-corrected chi connectivity index (χ4v) is 9.67. The maximum atomic E-state index is 13.8. The molecule has 4 heterocycles. The Morgan fingerprint density at radius 1 is 0.482 bits per heavy atom. The third-order valence-electron chi connectivity index (χ3n) is 13.3. The molecule has 0 atom stereocenters. The molecular formula is C63H55F2N7O11. The van der Waals surface area contributed by atoms with Gasteiger partial charge in [0.05, 0.1) is 44.1 Å². The number of aromatic amines is 2. The molecule has 0 aliphatic heterocycles. The number of carbonyl (C=O) groups excluding carboxylic acids is 7. The lowest BCUT2D eigenvalue weighted by Crippen LogP contribution is -2.40. The number of aromatic nitrogens is 2. The molecule has 6 aromatic carbocycles. The average molecular weight is 1120 g/mol. The highest BCUT2D eigenvalue weighted by Crippen LogP contribution is 2.45. The summed E-state index contributed by atoms with van der Waals surface area (Å²) in [6.45, 7) is 11.2. The fraction of sp³-hybridized carbons (Fsp3) is 0.175. The zero-order valence-electron chi connectivity index (χ0n) is 46.3. The van der Waals surface area contributed by atoms with E-state index in [1.54, 1.807) is 60.7 Å². The van der Waals surface area contributed by atoms with Crippen molar-refractivity contribution in [3.63, 3.8) is 0 Å². The molecule has 5 amide bonds. The van der Waals surface area contributed by atoms with Crippen LogP contribution < -0.4 is 26.6 Å². The minimum Gasteiger partial charge on any atom is -0.475 e. The largest absolute Gasteiger partial charge is 0.475 e. The van der Waals surface area contributed by atoms with E-state index < -0.39 is 58.0 Å². The number of Topliss-reactive ketones (excluding diaryl/α,β-unsaturated/α-hetero) is 2. The second-order valence-electron chi connectivity index (χ2n) is 21.4. The van der Waals surface area contributed by atoms with Crippen LogP contribution in [0, 0.1) is 11.6 Å². The molecule has 0 spiro atoms. The number of nitrogens with one attached hydrogen (secondary N) is 7. The monoisotopic (exact) mass is 1120 g/mol. The van der Waals surface area contributed by atoms with Crippen molar-refractivity contribution >= 4 is 90.8 Å². The van der Waals surface area contributed by atoms with Crippen LogP contribution in [0.3, 0.4) is 0 Å². The maximum absolute atomic E-state index is 13.8. The number of H-pyrrole nitrogens is 2. The number of aliphatic carboxylic acids is 1. The number of ketones is 2. The normalized spacial score (nSPS) is 11.5. The van der Waals surface area contributed by atoms with Crippen LogP contribution in [-0.2, 0) is 9.59 Å². The number of carboxylic acid groups (broad SMARTS) is 1. The molecular weight excluding hydrogens is 1070 g/mol. The predicted octanol–water partition coefficient (Wildman–Crippen LogP) is 10.7. The fourth-order valence-electron chi connectivity index (χ4n) is 9.67. The van der Waals surface area contributed by atoms with Gasteiger partial charge >= 0.3 is 5.97 Å². The number of hydrogen-bond donors (Lipinski definition) is 8. The third kappa shape index (κ3) is 11.2. The first-order valence-electron chi connectivity index (χ1n) is 25.9. The second kappa shape index (κ2) is 22.2. The maximum Gasteiger partial charge on any atom is 0.377 e. The molecule has 422 valence electrons. The first-order valence-corrected chi connectivity index (χ1v) is 25.9. The van der Waals surface area contributed by atoms with Crippen LogP contribution in [0.15, 0.2) is 130 Å². The minimum atomic E-state index is -1.66. The van der Waals surface area contributed by atoms with Crippen LogP contribution in [0.25, 0.3) is 88.6 Å². The van der Waals surface area contributed by atoms with Crippen molar-refractivity contribution in [2.75, 3.05) is 21.1 Å². The summed E-state index contributed by atoms with van der Waals surface area (Å²) in [5, 5.41) is 24.1. The van der Waals surface area contributed by atoms with Crippen LogP contribution in [0.5, 0.6) is 0 Å². The first kappa shape index (κ1) is 57.2. The molecule has 20 heteroatoms. The van der Waals surface area contributed by atoms with Gasteiger partial charge in [-0.05, 0) is 138 Å². The quantitative estimate of drug-likeness (QED) is 0.0421. The zero-order chi connectivity index (χ0) is 60.0. The van der Waals surface area contributed by atoms with Gasteiger partial charge in [-0.25, -0.2) is 13.6 Å². The van der Waals surface area contributed by atoms with Gasteiger partial charge in [-0.3, -0.25) is 33.6 Å². The van der Waals surface area contributed by atoms with Gasteiger partial charge in [0, 0.05) is 88.8 Å². The van der Waals surface area contributed by atoms with Crippen molar-refractivity contribution in [3.05, 3.63) is 167 Å². The summed E-state index contributed by atoms with van der Waals surface area (Å²) in [5.41, 5.74) is 4.27. The summed E-state index contributed by atoms with van der Waals surface area (Å²) < 4.78 is 39.9. The van der Waals surface area contributed by atoms with Gasteiger partial charge in [0.15, 0.2) is 0 Å². The van der Waals surface area contributed by atoms with Gasteiger partial charge in [0.2, 0.25) is 0 Å². The van der Waals surface area contributed by atoms with Crippen LogP contribution >= 0.6 is 0 Å². The number of furan rings is 2. The molecule has 0 saturated carbocycles. The summed E-state index contributed by atoms with van der Waals surface area (Å²) in [5.74, 6) is -6.65. The number of halogens is 2. The third-order valence-corrected chi connectivity index (χ3v) is 13.3. The van der Waals surface area contributed by atoms with E-state index in [9.17, 15) is 52.2 Å². The van der Waals surface area contributed by atoms with E-state index in [2.05, 4.69) is 36.6 Å². The molecule has 10 rings (SSSR count). The topological polar surface area (TPSA) is 275 Å². The Labute approximate surface area is 472 Å². The Hall–Kier alpha value is -10.5. The number of rotatable bonds is 12. The Balaban J connectivity index is 0.000000200. The van der Waals surface area contributed by atoms with E-state index in [4.69, 9.17) is 8.83 Å². The highest BCUT2D eigenvalue weighted by atomic mass is 19.1. The molecule has 0 saturated heterocycles. The van der Waals surface area contributed by atoms with Crippen molar-refractivity contribution in [2.24, 2.45) is 0 Å². The molecule has 83 heavy (non-hydrogen) atoms. The lowest BCUT2D eigenvalue weighted by molar-refractivity contribution is -0.131. The van der Waals surface area contributed by atoms with Crippen molar-refractivity contribution in [3.8, 4) is 44.9 Å². The number of carboxylic acids is 1. The molecule has 0 bridgehead atoms. The molecule has 8 N–H and O–H groups in total. The summed E-state index contributed by atoms with van der Waals surface area (Å²) in [4.78, 5) is 109. The Morgan fingerprint density at radius 2 is 0.867 bits per heavy atom. The molecule has 18 nitrogen and oxygen atoms in total. The number of hydrogen-bond acceptors (Lipinski definition) is 10.